The maximum atomic E-state index is 11.1. The molecule has 0 aromatic heterocycles. The van der Waals surface area contributed by atoms with Gasteiger partial charge in [-0.05, 0) is 11.8 Å². The van der Waals surface area contributed by atoms with Crippen molar-refractivity contribution in [1.82, 2.24) is 5.32 Å². The molecule has 72 valence electrons. The molecule has 1 fully saturated rings. The predicted octanol–water partition coefficient (Wildman–Crippen LogP) is 0.891. The molecule has 0 aromatic rings. The fourth-order valence-corrected chi connectivity index (χ4v) is 1.52. The summed E-state index contributed by atoms with van der Waals surface area (Å²) in [5.41, 5.74) is 0.359. The molecule has 0 radical (unpaired) electrons. The van der Waals surface area contributed by atoms with E-state index in [-0.39, 0.29) is 11.3 Å². The highest BCUT2D eigenvalue weighted by molar-refractivity contribution is 5.85. The lowest BCUT2D eigenvalue weighted by Crippen LogP contribution is -2.36. The van der Waals surface area contributed by atoms with E-state index in [4.69, 9.17) is 5.11 Å². The van der Waals surface area contributed by atoms with Crippen LogP contribution in [0.4, 0.5) is 0 Å². The lowest BCUT2D eigenvalue weighted by Gasteiger charge is -2.30. The van der Waals surface area contributed by atoms with Crippen LogP contribution < -0.4 is 5.32 Å². The SMILES string of the molecule is CC1(C)CC(=O)N/C(=C\C(=O)O)C1. The van der Waals surface area contributed by atoms with Crippen molar-refractivity contribution in [3.8, 4) is 0 Å². The number of carboxylic acid groups (broad SMARTS) is 1. The summed E-state index contributed by atoms with van der Waals surface area (Å²) in [7, 11) is 0. The molecule has 4 nitrogen and oxygen atoms in total. The Bertz CT molecular complexity index is 279. The molecule has 0 saturated carbocycles. The van der Waals surface area contributed by atoms with E-state index in [1.54, 1.807) is 0 Å². The number of hydrogen-bond donors (Lipinski definition) is 2. The maximum absolute atomic E-state index is 11.1. The van der Waals surface area contributed by atoms with Gasteiger partial charge in [0.25, 0.3) is 0 Å². The summed E-state index contributed by atoms with van der Waals surface area (Å²) in [6.45, 7) is 3.89. The van der Waals surface area contributed by atoms with Crippen LogP contribution in [-0.2, 0) is 9.59 Å². The Kier molecular flexibility index (Phi) is 2.40. The van der Waals surface area contributed by atoms with Crippen LogP contribution in [0.3, 0.4) is 0 Å². The molecule has 1 aliphatic heterocycles. The minimum Gasteiger partial charge on any atom is -0.478 e. The van der Waals surface area contributed by atoms with E-state index >= 15 is 0 Å². The highest BCUT2D eigenvalue weighted by atomic mass is 16.4. The monoisotopic (exact) mass is 183 g/mol. The van der Waals surface area contributed by atoms with E-state index in [1.165, 1.54) is 0 Å². The molecule has 0 bridgehead atoms. The first-order valence-electron chi connectivity index (χ1n) is 4.12. The molecule has 1 aliphatic rings. The normalized spacial score (nSPS) is 24.2. The predicted molar refractivity (Wildman–Crippen MR) is 46.9 cm³/mol. The summed E-state index contributed by atoms with van der Waals surface area (Å²) in [5.74, 6) is -1.13. The zero-order valence-electron chi connectivity index (χ0n) is 7.76. The van der Waals surface area contributed by atoms with Gasteiger partial charge in [-0.1, -0.05) is 13.8 Å². The van der Waals surface area contributed by atoms with Crippen molar-refractivity contribution in [3.63, 3.8) is 0 Å². The maximum Gasteiger partial charge on any atom is 0.330 e. The summed E-state index contributed by atoms with van der Waals surface area (Å²) >= 11 is 0. The van der Waals surface area contributed by atoms with Crippen LogP contribution in [0, 0.1) is 5.41 Å². The van der Waals surface area contributed by atoms with Crippen molar-refractivity contribution in [2.45, 2.75) is 26.7 Å². The second-order valence-corrected chi connectivity index (χ2v) is 4.07. The molecule has 0 unspecified atom stereocenters. The van der Waals surface area contributed by atoms with Crippen LogP contribution in [0.5, 0.6) is 0 Å². The largest absolute Gasteiger partial charge is 0.478 e. The second-order valence-electron chi connectivity index (χ2n) is 4.07. The van der Waals surface area contributed by atoms with Gasteiger partial charge in [-0.2, -0.15) is 0 Å². The minimum absolute atomic E-state index is 0.108. The molecule has 0 aliphatic carbocycles. The van der Waals surface area contributed by atoms with E-state index in [2.05, 4.69) is 5.32 Å². The van der Waals surface area contributed by atoms with Gasteiger partial charge >= 0.3 is 5.97 Å². The van der Waals surface area contributed by atoms with E-state index in [0.29, 0.717) is 18.5 Å². The summed E-state index contributed by atoms with van der Waals surface area (Å²) in [6.07, 6.45) is 2.10. The van der Waals surface area contributed by atoms with Crippen molar-refractivity contribution in [3.05, 3.63) is 11.8 Å². The van der Waals surface area contributed by atoms with Gasteiger partial charge in [0.2, 0.25) is 5.91 Å². The van der Waals surface area contributed by atoms with Crippen molar-refractivity contribution in [2.75, 3.05) is 0 Å². The minimum atomic E-state index is -1.02. The molecule has 1 saturated heterocycles. The average molecular weight is 183 g/mol. The summed E-state index contributed by atoms with van der Waals surface area (Å²) in [5, 5.41) is 11.0. The third kappa shape index (κ3) is 2.89. The Morgan fingerprint density at radius 2 is 2.15 bits per heavy atom. The molecule has 1 heterocycles. The van der Waals surface area contributed by atoms with Crippen molar-refractivity contribution < 1.29 is 14.7 Å². The number of amides is 1. The Morgan fingerprint density at radius 3 is 2.62 bits per heavy atom. The lowest BCUT2D eigenvalue weighted by atomic mass is 9.81. The van der Waals surface area contributed by atoms with Gasteiger partial charge in [0.1, 0.15) is 0 Å². The molecule has 1 amide bonds. The molecular formula is C9H13NO3. The Labute approximate surface area is 76.6 Å². The van der Waals surface area contributed by atoms with Gasteiger partial charge in [-0.15, -0.1) is 0 Å². The van der Waals surface area contributed by atoms with Crippen LogP contribution >= 0.6 is 0 Å². The molecule has 1 rings (SSSR count). The summed E-state index contributed by atoms with van der Waals surface area (Å²) < 4.78 is 0. The number of carboxylic acids is 1. The zero-order valence-corrected chi connectivity index (χ0v) is 7.76. The van der Waals surface area contributed by atoms with Gasteiger partial charge in [-0.25, -0.2) is 4.79 Å². The van der Waals surface area contributed by atoms with Gasteiger partial charge in [0.15, 0.2) is 0 Å². The topological polar surface area (TPSA) is 66.4 Å². The standard InChI is InChI=1S/C9H13NO3/c1-9(2)4-6(3-8(12)13)10-7(11)5-9/h3H,4-5H2,1-2H3,(H,10,11)(H,12,13)/b6-3-. The van der Waals surface area contributed by atoms with Crippen LogP contribution in [0.1, 0.15) is 26.7 Å². The van der Waals surface area contributed by atoms with E-state index in [9.17, 15) is 9.59 Å². The first-order chi connectivity index (χ1) is 5.89. The molecule has 0 atom stereocenters. The third-order valence-electron chi connectivity index (χ3n) is 1.91. The average Bonchev–Trinajstić information content (AvgIpc) is 1.78. The lowest BCUT2D eigenvalue weighted by molar-refractivity contribution is -0.131. The van der Waals surface area contributed by atoms with Crippen molar-refractivity contribution in [1.29, 1.82) is 0 Å². The molecule has 2 N–H and O–H groups in total. The fourth-order valence-electron chi connectivity index (χ4n) is 1.52. The van der Waals surface area contributed by atoms with Gasteiger partial charge in [0.05, 0.1) is 0 Å². The fraction of sp³-hybridized carbons (Fsp3) is 0.556. The summed E-state index contributed by atoms with van der Waals surface area (Å²) in [6, 6.07) is 0. The van der Waals surface area contributed by atoms with Gasteiger partial charge in [-0.3, -0.25) is 4.79 Å². The number of piperidine rings is 1. The quantitative estimate of drug-likeness (QED) is 0.593. The number of aliphatic carboxylic acids is 1. The smallest absolute Gasteiger partial charge is 0.330 e. The molecule has 4 heteroatoms. The van der Waals surface area contributed by atoms with Crippen molar-refractivity contribution in [2.24, 2.45) is 5.41 Å². The number of nitrogens with one attached hydrogen (secondary N) is 1. The van der Waals surface area contributed by atoms with Crippen LogP contribution in [0.25, 0.3) is 0 Å². The number of allylic oxidation sites excluding steroid dienone is 1. The molecular weight excluding hydrogens is 170 g/mol. The highest BCUT2D eigenvalue weighted by Gasteiger charge is 2.29. The van der Waals surface area contributed by atoms with Crippen molar-refractivity contribution >= 4 is 11.9 Å². The zero-order chi connectivity index (χ0) is 10.1. The number of hydrogen-bond acceptors (Lipinski definition) is 2. The number of rotatable bonds is 1. The van der Waals surface area contributed by atoms with Crippen LogP contribution in [-0.4, -0.2) is 17.0 Å². The Hall–Kier alpha value is -1.32. The molecule has 0 spiro atoms. The van der Waals surface area contributed by atoms with Gasteiger partial charge < -0.3 is 10.4 Å². The van der Waals surface area contributed by atoms with E-state index < -0.39 is 5.97 Å². The first kappa shape index (κ1) is 9.77. The second kappa shape index (κ2) is 3.20. The molecule has 13 heavy (non-hydrogen) atoms. The third-order valence-corrected chi connectivity index (χ3v) is 1.91. The van der Waals surface area contributed by atoms with Crippen LogP contribution in [0.2, 0.25) is 0 Å². The van der Waals surface area contributed by atoms with Gasteiger partial charge in [0, 0.05) is 18.2 Å². The Morgan fingerprint density at radius 1 is 1.54 bits per heavy atom. The molecule has 0 aromatic carbocycles. The van der Waals surface area contributed by atoms with E-state index in [1.807, 2.05) is 13.8 Å². The first-order valence-corrected chi connectivity index (χ1v) is 4.12. The number of carbonyl (C=O) groups excluding carboxylic acids is 1. The van der Waals surface area contributed by atoms with Crippen LogP contribution in [0.15, 0.2) is 11.8 Å². The summed E-state index contributed by atoms with van der Waals surface area (Å²) in [4.78, 5) is 21.5. The number of carbonyl (C=O) groups is 2. The Balaban J connectivity index is 2.80. The highest BCUT2D eigenvalue weighted by Crippen LogP contribution is 2.31. The van der Waals surface area contributed by atoms with E-state index in [0.717, 1.165) is 6.08 Å².